The Morgan fingerprint density at radius 1 is 0.362 bits per heavy atom. The van der Waals surface area contributed by atoms with Crippen molar-refractivity contribution >= 4 is 56.1 Å². The summed E-state index contributed by atoms with van der Waals surface area (Å²) in [5, 5.41) is 1.90. The molecule has 1 aliphatic rings. The van der Waals surface area contributed by atoms with E-state index in [1.165, 1.54) is 0 Å². The number of rotatable bonds is 8. The van der Waals surface area contributed by atoms with Crippen LogP contribution in [0.25, 0.3) is 33.1 Å². The van der Waals surface area contributed by atoms with Gasteiger partial charge in [0, 0.05) is 44.9 Å². The van der Waals surface area contributed by atoms with E-state index in [2.05, 4.69) is 94.7 Å². The molecule has 3 nitrogen and oxygen atoms in total. The molecule has 1 aliphatic carbocycles. The number of para-hydroxylation sites is 5. The van der Waals surface area contributed by atoms with Gasteiger partial charge in [0.2, 0.25) is 0 Å². The lowest BCUT2D eigenvalue weighted by molar-refractivity contribution is 0.665. The number of anilines is 6. The van der Waals surface area contributed by atoms with Crippen LogP contribution >= 0.6 is 0 Å². The highest BCUT2D eigenvalue weighted by Gasteiger charge is 2.47. The molecule has 0 radical (unpaired) electrons. The maximum absolute atomic E-state index is 9.67. The molecule has 1 aromatic heterocycles. The normalized spacial score (nSPS) is 13.8. The van der Waals surface area contributed by atoms with Crippen LogP contribution in [0.1, 0.15) is 29.1 Å². The van der Waals surface area contributed by atoms with E-state index in [0.29, 0.717) is 5.58 Å². The van der Waals surface area contributed by atoms with Gasteiger partial charge in [0.1, 0.15) is 11.2 Å². The van der Waals surface area contributed by atoms with Crippen LogP contribution in [0.4, 0.5) is 34.1 Å². The van der Waals surface area contributed by atoms with E-state index in [4.69, 9.17) is 8.53 Å². The van der Waals surface area contributed by atoms with Crippen LogP contribution in [0.3, 0.4) is 0 Å². The number of nitrogens with zero attached hydrogens (tertiary/aromatic N) is 2. The van der Waals surface area contributed by atoms with Gasteiger partial charge in [-0.15, -0.1) is 0 Å². The van der Waals surface area contributed by atoms with Gasteiger partial charge in [-0.3, -0.25) is 0 Å². The molecule has 58 heavy (non-hydrogen) atoms. The van der Waals surface area contributed by atoms with Crippen LogP contribution in [0.2, 0.25) is 0 Å². The van der Waals surface area contributed by atoms with Crippen LogP contribution in [0, 0.1) is 0 Å². The van der Waals surface area contributed by atoms with Crippen molar-refractivity contribution < 1.29 is 11.3 Å². The molecule has 0 atom stereocenters. The van der Waals surface area contributed by atoms with Gasteiger partial charge in [-0.25, -0.2) is 0 Å². The summed E-state index contributed by atoms with van der Waals surface area (Å²) >= 11 is 0. The van der Waals surface area contributed by atoms with Crippen molar-refractivity contribution in [2.45, 2.75) is 5.41 Å². The van der Waals surface area contributed by atoms with Crippen molar-refractivity contribution in [3.63, 3.8) is 0 Å². The monoisotopic (exact) mass is 747 g/mol. The first-order chi connectivity index (χ1) is 30.8. The fraction of sp³-hybridized carbons (Fsp3) is 0.0182. The minimum Gasteiger partial charge on any atom is -0.456 e. The molecule has 0 amide bonds. The molecule has 11 rings (SSSR count). The summed E-state index contributed by atoms with van der Waals surface area (Å²) in [6.07, 6.45) is 0. The molecule has 10 aromatic rings. The Bertz CT molecular complexity index is 3120. The fourth-order valence-electron chi connectivity index (χ4n) is 8.91. The van der Waals surface area contributed by atoms with Crippen LogP contribution < -0.4 is 9.80 Å². The zero-order chi connectivity index (χ0) is 42.8. The van der Waals surface area contributed by atoms with E-state index >= 15 is 0 Å². The Morgan fingerprint density at radius 3 is 1.31 bits per heavy atom. The molecule has 0 aliphatic heterocycles. The highest BCUT2D eigenvalue weighted by atomic mass is 16.3. The van der Waals surface area contributed by atoms with Crippen molar-refractivity contribution in [1.82, 2.24) is 0 Å². The topological polar surface area (TPSA) is 19.6 Å². The van der Waals surface area contributed by atoms with Crippen molar-refractivity contribution in [1.29, 1.82) is 0 Å². The summed E-state index contributed by atoms with van der Waals surface area (Å²) in [4.78, 5) is 4.43. The van der Waals surface area contributed by atoms with Gasteiger partial charge in [-0.05, 0) is 118 Å². The summed E-state index contributed by atoms with van der Waals surface area (Å²) < 4.78 is 52.6. The smallest absolute Gasteiger partial charge is 0.135 e. The summed E-state index contributed by atoms with van der Waals surface area (Å²) in [6.45, 7) is 0. The lowest BCUT2D eigenvalue weighted by Crippen LogP contribution is -2.28. The van der Waals surface area contributed by atoms with E-state index in [1.807, 2.05) is 115 Å². The number of furan rings is 1. The maximum atomic E-state index is 9.67. The van der Waals surface area contributed by atoms with Crippen molar-refractivity contribution in [2.24, 2.45) is 0 Å². The average molecular weight is 748 g/mol. The third-order valence-corrected chi connectivity index (χ3v) is 11.4. The predicted octanol–water partition coefficient (Wildman–Crippen LogP) is 14.9. The number of fused-ring (bicyclic) bond motifs is 6. The second-order valence-corrected chi connectivity index (χ2v) is 14.5. The Hall–Kier alpha value is -7.62. The van der Waals surface area contributed by atoms with Crippen LogP contribution in [-0.4, -0.2) is 0 Å². The van der Waals surface area contributed by atoms with E-state index in [1.54, 1.807) is 0 Å². The Morgan fingerprint density at radius 2 is 0.810 bits per heavy atom. The molecule has 0 saturated carbocycles. The van der Waals surface area contributed by atoms with Gasteiger partial charge in [-0.1, -0.05) is 145 Å². The van der Waals surface area contributed by atoms with Gasteiger partial charge >= 0.3 is 0 Å². The lowest BCUT2D eigenvalue weighted by atomic mass is 9.67. The third kappa shape index (κ3) is 5.36. The second kappa shape index (κ2) is 13.8. The van der Waals surface area contributed by atoms with E-state index in [9.17, 15) is 2.74 Å². The highest BCUT2D eigenvalue weighted by molar-refractivity contribution is 6.05. The van der Waals surface area contributed by atoms with Gasteiger partial charge in [0.15, 0.2) is 0 Å². The molecule has 0 N–H and O–H groups in total. The summed E-state index contributed by atoms with van der Waals surface area (Å²) in [5.74, 6) is 0. The number of hydrogen-bond donors (Lipinski definition) is 0. The minimum absolute atomic E-state index is 0.176. The molecule has 0 saturated heterocycles. The zero-order valence-electron chi connectivity index (χ0n) is 36.4. The quantitative estimate of drug-likeness (QED) is 0.154. The maximum Gasteiger partial charge on any atom is 0.135 e. The molecule has 0 fully saturated rings. The first-order valence-electron chi connectivity index (χ1n) is 21.9. The lowest BCUT2D eigenvalue weighted by Gasteiger charge is -2.34. The molecule has 0 unspecified atom stereocenters. The van der Waals surface area contributed by atoms with Crippen LogP contribution in [0.5, 0.6) is 0 Å². The van der Waals surface area contributed by atoms with Crippen LogP contribution in [0.15, 0.2) is 235 Å². The second-order valence-electron chi connectivity index (χ2n) is 14.5. The highest BCUT2D eigenvalue weighted by Crippen LogP contribution is 2.58. The Labute approximate surface area is 345 Å². The predicted molar refractivity (Wildman–Crippen MR) is 240 cm³/mol. The largest absolute Gasteiger partial charge is 0.456 e. The molecular formula is C55H38N2O. The first kappa shape index (κ1) is 28.7. The Kier molecular flexibility index (Phi) is 6.86. The van der Waals surface area contributed by atoms with Gasteiger partial charge in [-0.2, -0.15) is 0 Å². The van der Waals surface area contributed by atoms with Crippen LogP contribution in [-0.2, 0) is 5.41 Å². The molecule has 3 heteroatoms. The standard InChI is InChI=1S/C55H38N2O/c1-6-18-39(19-7-1)55(40-30-33-48-47-28-16-17-29-53(47)58-54(48)36-40)51-34-31-45(56(41-20-8-2-9-21-41)42-22-10-3-11-23-42)37-49(51)50-38-46(32-35-52(50)55)57(43-24-12-4-13-25-43)44-26-14-5-15-27-44/h1-38H/i1D,6D,7D,18D,19D. The van der Waals surface area contributed by atoms with E-state index in [-0.39, 0.29) is 17.6 Å². The average Bonchev–Trinajstić information content (AvgIpc) is 3.85. The molecule has 9 aromatic carbocycles. The molecule has 274 valence electrons. The zero-order valence-corrected chi connectivity index (χ0v) is 31.4. The molecular weight excluding hydrogens is 705 g/mol. The number of hydrogen-bond acceptors (Lipinski definition) is 3. The van der Waals surface area contributed by atoms with Gasteiger partial charge in [0.25, 0.3) is 0 Å². The number of benzene rings is 9. The SMILES string of the molecule is [2H]c1c([2H])c([2H])c(C2(c3ccc4c(c3)oc3ccccc34)c3ccc(N(c4ccccc4)c4ccccc4)cc3-c3cc(N(c4ccccc4)c4ccccc4)ccc32)c([2H])c1[2H]. The summed E-state index contributed by atoms with van der Waals surface area (Å²) in [5.41, 5.74) is 9.93. The van der Waals surface area contributed by atoms with E-state index in [0.717, 1.165) is 78.3 Å². The Balaban J connectivity index is 1.27. The van der Waals surface area contributed by atoms with E-state index < -0.39 is 23.5 Å². The molecule has 0 spiro atoms. The molecule has 1 heterocycles. The first-order valence-corrected chi connectivity index (χ1v) is 19.4. The summed E-state index contributed by atoms with van der Waals surface area (Å²) in [6, 6.07) is 65.9. The molecule has 0 bridgehead atoms. The fourth-order valence-corrected chi connectivity index (χ4v) is 8.91. The minimum atomic E-state index is -1.38. The van der Waals surface area contributed by atoms with Gasteiger partial charge in [0.05, 0.1) is 12.3 Å². The van der Waals surface area contributed by atoms with Crippen molar-refractivity contribution in [2.75, 3.05) is 9.80 Å². The van der Waals surface area contributed by atoms with Crippen molar-refractivity contribution in [3.05, 3.63) is 253 Å². The third-order valence-electron chi connectivity index (χ3n) is 11.4. The van der Waals surface area contributed by atoms with Crippen molar-refractivity contribution in [3.8, 4) is 11.1 Å². The van der Waals surface area contributed by atoms with Gasteiger partial charge < -0.3 is 14.2 Å². The summed E-state index contributed by atoms with van der Waals surface area (Å²) in [7, 11) is 0.